The first-order chi connectivity index (χ1) is 9.22. The summed E-state index contributed by atoms with van der Waals surface area (Å²) in [5.74, 6) is -0.479. The van der Waals surface area contributed by atoms with Crippen molar-refractivity contribution < 1.29 is 9.59 Å². The van der Waals surface area contributed by atoms with Gasteiger partial charge < -0.3 is 0 Å². The molecule has 1 saturated heterocycles. The lowest BCUT2D eigenvalue weighted by Crippen LogP contribution is -2.47. The van der Waals surface area contributed by atoms with Crippen LogP contribution in [0.3, 0.4) is 0 Å². The summed E-state index contributed by atoms with van der Waals surface area (Å²) in [6, 6.07) is 10.4. The molecule has 96 valence electrons. The molecule has 1 aromatic rings. The summed E-state index contributed by atoms with van der Waals surface area (Å²) in [4.78, 5) is 25.8. The molecule has 0 N–H and O–H groups in total. The number of imide groups is 1. The van der Waals surface area contributed by atoms with Crippen molar-refractivity contribution >= 4 is 11.8 Å². The Morgan fingerprint density at radius 2 is 1.68 bits per heavy atom. The molecule has 3 unspecified atom stereocenters. The number of fused-ring (bicyclic) bond motifs is 2. The van der Waals surface area contributed by atoms with Gasteiger partial charge in [-0.05, 0) is 24.8 Å². The van der Waals surface area contributed by atoms with Crippen LogP contribution in [0.4, 0.5) is 0 Å². The second-order valence-corrected chi connectivity index (χ2v) is 5.20. The van der Waals surface area contributed by atoms with E-state index in [1.54, 1.807) is 12.1 Å². The average molecular weight is 254 g/mol. The number of carbonyl (C=O) groups is 2. The molecule has 1 heterocycles. The van der Waals surface area contributed by atoms with Gasteiger partial charge in [0.05, 0.1) is 6.07 Å². The maximum absolute atomic E-state index is 12.3. The molecular formula is C15H14N2O2. The standard InChI is InChI=1S/C15H14N2O2/c16-9-13(10-4-2-1-3-5-10)17-14(18)11-6-7-12(8-11)15(17)19/h1-5,11-13H,6-8H2. The Bertz CT molecular complexity index is 539. The molecule has 4 heteroatoms. The van der Waals surface area contributed by atoms with Gasteiger partial charge in [-0.1, -0.05) is 30.3 Å². The van der Waals surface area contributed by atoms with E-state index in [1.807, 2.05) is 18.2 Å². The van der Waals surface area contributed by atoms with Crippen LogP contribution in [0.1, 0.15) is 30.9 Å². The van der Waals surface area contributed by atoms with Crippen LogP contribution in [0.25, 0.3) is 0 Å². The van der Waals surface area contributed by atoms with Gasteiger partial charge in [0.25, 0.3) is 0 Å². The summed E-state index contributed by atoms with van der Waals surface area (Å²) >= 11 is 0. The van der Waals surface area contributed by atoms with Crippen LogP contribution < -0.4 is 0 Å². The van der Waals surface area contributed by atoms with E-state index in [2.05, 4.69) is 6.07 Å². The number of nitrogens with zero attached hydrogens (tertiary/aromatic N) is 2. The van der Waals surface area contributed by atoms with Crippen molar-refractivity contribution in [2.24, 2.45) is 11.8 Å². The summed E-state index contributed by atoms with van der Waals surface area (Å²) in [5, 5.41) is 9.36. The largest absolute Gasteiger partial charge is 0.274 e. The highest BCUT2D eigenvalue weighted by molar-refractivity contribution is 6.01. The number of carbonyl (C=O) groups excluding carboxylic acids is 2. The number of likely N-dealkylation sites (tertiary alicyclic amines) is 1. The Labute approximate surface area is 111 Å². The normalized spacial score (nSPS) is 27.2. The van der Waals surface area contributed by atoms with Gasteiger partial charge in [0.2, 0.25) is 11.8 Å². The van der Waals surface area contributed by atoms with Crippen LogP contribution in [-0.2, 0) is 9.59 Å². The Morgan fingerprint density at radius 1 is 1.11 bits per heavy atom. The molecule has 2 aliphatic rings. The molecule has 1 saturated carbocycles. The second-order valence-electron chi connectivity index (χ2n) is 5.20. The third-order valence-electron chi connectivity index (χ3n) is 4.10. The van der Waals surface area contributed by atoms with Gasteiger partial charge in [-0.3, -0.25) is 14.5 Å². The third kappa shape index (κ3) is 1.82. The summed E-state index contributed by atoms with van der Waals surface area (Å²) in [7, 11) is 0. The molecule has 2 amide bonds. The highest BCUT2D eigenvalue weighted by atomic mass is 16.2. The van der Waals surface area contributed by atoms with Gasteiger partial charge in [0, 0.05) is 11.8 Å². The molecule has 1 aliphatic carbocycles. The SMILES string of the molecule is N#CC(c1ccccc1)N1C(=O)C2CCC(C2)C1=O. The minimum atomic E-state index is -0.787. The van der Waals surface area contributed by atoms with E-state index >= 15 is 0 Å². The fourth-order valence-electron chi connectivity index (χ4n) is 3.10. The summed E-state index contributed by atoms with van der Waals surface area (Å²) in [5.41, 5.74) is 0.702. The highest BCUT2D eigenvalue weighted by Crippen LogP contribution is 2.41. The van der Waals surface area contributed by atoms with E-state index in [1.165, 1.54) is 4.90 Å². The van der Waals surface area contributed by atoms with E-state index in [4.69, 9.17) is 0 Å². The smallest absolute Gasteiger partial charge is 0.233 e. The van der Waals surface area contributed by atoms with Crippen molar-refractivity contribution in [3.63, 3.8) is 0 Å². The summed E-state index contributed by atoms with van der Waals surface area (Å²) in [6.07, 6.45) is 2.22. The first-order valence-corrected chi connectivity index (χ1v) is 6.54. The molecule has 3 atom stereocenters. The Hall–Kier alpha value is -2.15. The number of piperidine rings is 1. The van der Waals surface area contributed by atoms with Crippen molar-refractivity contribution in [3.8, 4) is 6.07 Å². The molecule has 3 rings (SSSR count). The molecule has 4 nitrogen and oxygen atoms in total. The molecule has 2 fully saturated rings. The predicted molar refractivity (Wildman–Crippen MR) is 67.5 cm³/mol. The Balaban J connectivity index is 1.98. The zero-order valence-corrected chi connectivity index (χ0v) is 10.5. The maximum atomic E-state index is 12.3. The van der Waals surface area contributed by atoms with Gasteiger partial charge in [-0.2, -0.15) is 5.26 Å². The van der Waals surface area contributed by atoms with Crippen LogP contribution in [0, 0.1) is 23.2 Å². The highest BCUT2D eigenvalue weighted by Gasteiger charge is 2.48. The molecule has 0 aromatic heterocycles. The molecule has 0 radical (unpaired) electrons. The first-order valence-electron chi connectivity index (χ1n) is 6.54. The number of rotatable bonds is 2. The predicted octanol–water partition coefficient (Wildman–Crippen LogP) is 2.04. The van der Waals surface area contributed by atoms with Crippen LogP contribution in [0.2, 0.25) is 0 Å². The number of nitriles is 1. The minimum Gasteiger partial charge on any atom is -0.274 e. The van der Waals surface area contributed by atoms with E-state index in [0.29, 0.717) is 12.0 Å². The monoisotopic (exact) mass is 254 g/mol. The van der Waals surface area contributed by atoms with Crippen LogP contribution in [0.15, 0.2) is 30.3 Å². The van der Waals surface area contributed by atoms with E-state index in [-0.39, 0.29) is 23.7 Å². The summed E-state index contributed by atoms with van der Waals surface area (Å²) in [6.45, 7) is 0. The van der Waals surface area contributed by atoms with Crippen molar-refractivity contribution in [3.05, 3.63) is 35.9 Å². The number of benzene rings is 1. The summed E-state index contributed by atoms with van der Waals surface area (Å²) < 4.78 is 0. The quantitative estimate of drug-likeness (QED) is 0.759. The molecule has 2 bridgehead atoms. The second kappa shape index (κ2) is 4.51. The fraction of sp³-hybridized carbons (Fsp3) is 0.400. The van der Waals surface area contributed by atoms with Gasteiger partial charge in [-0.25, -0.2) is 0 Å². The maximum Gasteiger partial charge on any atom is 0.233 e. The first kappa shape index (κ1) is 11.9. The zero-order valence-electron chi connectivity index (χ0n) is 10.5. The van der Waals surface area contributed by atoms with E-state index in [0.717, 1.165) is 12.8 Å². The number of amides is 2. The van der Waals surface area contributed by atoms with Crippen molar-refractivity contribution in [1.29, 1.82) is 5.26 Å². The number of hydrogen-bond acceptors (Lipinski definition) is 3. The van der Waals surface area contributed by atoms with Crippen molar-refractivity contribution in [2.45, 2.75) is 25.3 Å². The zero-order chi connectivity index (χ0) is 13.4. The van der Waals surface area contributed by atoms with Crippen LogP contribution >= 0.6 is 0 Å². The van der Waals surface area contributed by atoms with Crippen molar-refractivity contribution in [1.82, 2.24) is 4.90 Å². The lowest BCUT2D eigenvalue weighted by atomic mass is 9.94. The lowest BCUT2D eigenvalue weighted by Gasteiger charge is -2.32. The molecule has 0 spiro atoms. The lowest BCUT2D eigenvalue weighted by molar-refractivity contribution is -0.154. The van der Waals surface area contributed by atoms with E-state index in [9.17, 15) is 14.9 Å². The van der Waals surface area contributed by atoms with Gasteiger partial charge >= 0.3 is 0 Å². The minimum absolute atomic E-state index is 0.0673. The van der Waals surface area contributed by atoms with E-state index < -0.39 is 6.04 Å². The topological polar surface area (TPSA) is 61.2 Å². The average Bonchev–Trinajstić information content (AvgIpc) is 2.89. The molecule has 1 aromatic carbocycles. The third-order valence-corrected chi connectivity index (χ3v) is 4.10. The van der Waals surface area contributed by atoms with Gasteiger partial charge in [0.15, 0.2) is 6.04 Å². The Kier molecular flexibility index (Phi) is 2.83. The number of hydrogen-bond donors (Lipinski definition) is 0. The Morgan fingerprint density at radius 3 is 2.21 bits per heavy atom. The fourth-order valence-corrected chi connectivity index (χ4v) is 3.10. The molecule has 19 heavy (non-hydrogen) atoms. The van der Waals surface area contributed by atoms with Gasteiger partial charge in [0.1, 0.15) is 0 Å². The van der Waals surface area contributed by atoms with Crippen LogP contribution in [-0.4, -0.2) is 16.7 Å². The van der Waals surface area contributed by atoms with Crippen LogP contribution in [0.5, 0.6) is 0 Å². The molecule has 1 aliphatic heterocycles. The van der Waals surface area contributed by atoms with Gasteiger partial charge in [-0.15, -0.1) is 0 Å². The van der Waals surface area contributed by atoms with Crippen molar-refractivity contribution in [2.75, 3.05) is 0 Å². The molecular weight excluding hydrogens is 240 g/mol.